The summed E-state index contributed by atoms with van der Waals surface area (Å²) in [7, 11) is 0. The van der Waals surface area contributed by atoms with Gasteiger partial charge in [-0.2, -0.15) is 20.2 Å². The van der Waals surface area contributed by atoms with Crippen molar-refractivity contribution in [3.8, 4) is 17.8 Å². The first-order valence-corrected chi connectivity index (χ1v) is 5.18. The largest absolute Gasteiger partial charge is 0.424 e. The monoisotopic (exact) mass is 266 g/mol. The lowest BCUT2D eigenvalue weighted by atomic mass is 10.2. The maximum Gasteiger partial charge on any atom is 0.327 e. The minimum absolute atomic E-state index is 0.0231. The highest BCUT2D eigenvalue weighted by atomic mass is 35.5. The van der Waals surface area contributed by atoms with Gasteiger partial charge in [0, 0.05) is 0 Å². The van der Waals surface area contributed by atoms with Crippen LogP contribution < -0.4 is 4.74 Å². The van der Waals surface area contributed by atoms with Crippen molar-refractivity contribution in [2.24, 2.45) is 0 Å². The van der Waals surface area contributed by atoms with Gasteiger partial charge in [0.1, 0.15) is 5.75 Å². The van der Waals surface area contributed by atoms with Gasteiger partial charge in [0.25, 0.3) is 0 Å². The van der Waals surface area contributed by atoms with E-state index in [0.29, 0.717) is 11.3 Å². The third-order valence-electron chi connectivity index (χ3n) is 1.73. The summed E-state index contributed by atoms with van der Waals surface area (Å²) in [6, 6.07) is 8.51. The van der Waals surface area contributed by atoms with Crippen LogP contribution in [0.1, 0.15) is 5.56 Å². The maximum absolute atomic E-state index is 8.73. The average Bonchev–Trinajstić information content (AvgIpc) is 2.28. The second kappa shape index (κ2) is 4.95. The lowest BCUT2D eigenvalue weighted by molar-refractivity contribution is 0.439. The number of nitrogens with zero attached hydrogens (tertiary/aromatic N) is 4. The van der Waals surface area contributed by atoms with Gasteiger partial charge in [0.2, 0.25) is 10.6 Å². The summed E-state index contributed by atoms with van der Waals surface area (Å²) >= 11 is 11.2. The predicted octanol–water partition coefficient (Wildman–Crippen LogP) is 2.84. The van der Waals surface area contributed by atoms with E-state index < -0.39 is 0 Å². The number of ether oxygens (including phenoxy) is 1. The normalized spacial score (nSPS) is 9.71. The molecule has 0 saturated heterocycles. The quantitative estimate of drug-likeness (QED) is 0.836. The number of halogens is 2. The van der Waals surface area contributed by atoms with Crippen LogP contribution in [0.4, 0.5) is 0 Å². The Kier molecular flexibility index (Phi) is 3.38. The summed E-state index contributed by atoms with van der Waals surface area (Å²) in [5.74, 6) is 0.419. The second-order valence-electron chi connectivity index (χ2n) is 2.90. The maximum atomic E-state index is 8.73. The molecule has 0 aliphatic rings. The van der Waals surface area contributed by atoms with E-state index in [9.17, 15) is 0 Å². The Morgan fingerprint density at radius 3 is 2.47 bits per heavy atom. The lowest BCUT2D eigenvalue weighted by Gasteiger charge is -2.03. The molecular formula is C10H4Cl2N4O. The number of benzene rings is 1. The average molecular weight is 267 g/mol. The van der Waals surface area contributed by atoms with Gasteiger partial charge in [0.05, 0.1) is 11.6 Å². The van der Waals surface area contributed by atoms with Crippen LogP contribution in [0.2, 0.25) is 10.6 Å². The van der Waals surface area contributed by atoms with Crippen molar-refractivity contribution in [2.75, 3.05) is 0 Å². The van der Waals surface area contributed by atoms with E-state index >= 15 is 0 Å². The molecule has 0 aliphatic heterocycles. The van der Waals surface area contributed by atoms with Crippen molar-refractivity contribution in [3.05, 3.63) is 40.4 Å². The Hall–Kier alpha value is -1.90. The molecule has 0 aliphatic carbocycles. The van der Waals surface area contributed by atoms with Crippen LogP contribution >= 0.6 is 23.2 Å². The molecule has 5 nitrogen and oxygen atoms in total. The van der Waals surface area contributed by atoms with E-state index in [-0.39, 0.29) is 16.6 Å². The van der Waals surface area contributed by atoms with Crippen LogP contribution in [0.15, 0.2) is 24.3 Å². The predicted molar refractivity (Wildman–Crippen MR) is 61.1 cm³/mol. The van der Waals surface area contributed by atoms with E-state index in [2.05, 4.69) is 15.0 Å². The fourth-order valence-corrected chi connectivity index (χ4v) is 1.44. The van der Waals surface area contributed by atoms with Gasteiger partial charge >= 0.3 is 6.01 Å². The van der Waals surface area contributed by atoms with Crippen molar-refractivity contribution >= 4 is 23.2 Å². The Labute approximate surface area is 107 Å². The molecular weight excluding hydrogens is 263 g/mol. The molecule has 7 heteroatoms. The van der Waals surface area contributed by atoms with Gasteiger partial charge in [-0.25, -0.2) is 0 Å². The molecule has 0 bridgehead atoms. The summed E-state index contributed by atoms with van der Waals surface area (Å²) < 4.78 is 5.30. The van der Waals surface area contributed by atoms with Crippen molar-refractivity contribution in [1.82, 2.24) is 15.0 Å². The van der Waals surface area contributed by atoms with Crippen molar-refractivity contribution in [2.45, 2.75) is 0 Å². The Bertz CT molecular complexity index is 577. The number of hydrogen-bond donors (Lipinski definition) is 0. The van der Waals surface area contributed by atoms with Gasteiger partial charge < -0.3 is 4.74 Å². The molecule has 0 radical (unpaired) electrons. The molecule has 1 heterocycles. The van der Waals surface area contributed by atoms with Crippen molar-refractivity contribution in [3.63, 3.8) is 0 Å². The molecule has 17 heavy (non-hydrogen) atoms. The first kappa shape index (κ1) is 11.6. The zero-order chi connectivity index (χ0) is 12.3. The van der Waals surface area contributed by atoms with E-state index in [1.54, 1.807) is 24.3 Å². The first-order chi connectivity index (χ1) is 8.17. The number of aromatic nitrogens is 3. The molecule has 0 amide bonds. The third-order valence-corrected chi connectivity index (χ3v) is 2.07. The molecule has 0 saturated carbocycles. The molecule has 0 fully saturated rings. The van der Waals surface area contributed by atoms with Crippen LogP contribution in [-0.2, 0) is 0 Å². The molecule has 2 aromatic rings. The SMILES string of the molecule is N#Cc1cccc(Oc2nc(Cl)nc(Cl)n2)c1. The van der Waals surface area contributed by atoms with Gasteiger partial charge in [0.15, 0.2) is 0 Å². The zero-order valence-electron chi connectivity index (χ0n) is 8.26. The fraction of sp³-hybridized carbons (Fsp3) is 0. The first-order valence-electron chi connectivity index (χ1n) is 4.42. The molecule has 0 unspecified atom stereocenters. The van der Waals surface area contributed by atoms with E-state index in [1.807, 2.05) is 6.07 Å². The van der Waals surface area contributed by atoms with E-state index in [4.69, 9.17) is 33.2 Å². The number of nitriles is 1. The van der Waals surface area contributed by atoms with Gasteiger partial charge in [-0.05, 0) is 41.4 Å². The summed E-state index contributed by atoms with van der Waals surface area (Å²) in [6.45, 7) is 0. The van der Waals surface area contributed by atoms with Crippen molar-refractivity contribution < 1.29 is 4.74 Å². The molecule has 0 atom stereocenters. The Balaban J connectivity index is 2.28. The molecule has 0 N–H and O–H groups in total. The summed E-state index contributed by atoms with van der Waals surface area (Å²) in [5.41, 5.74) is 0.466. The van der Waals surface area contributed by atoms with Gasteiger partial charge in [-0.1, -0.05) is 6.07 Å². The van der Waals surface area contributed by atoms with Crippen LogP contribution in [0.5, 0.6) is 11.8 Å². The number of rotatable bonds is 2. The molecule has 1 aromatic carbocycles. The Morgan fingerprint density at radius 2 is 1.82 bits per heavy atom. The van der Waals surface area contributed by atoms with Crippen LogP contribution in [0.3, 0.4) is 0 Å². The summed E-state index contributed by atoms with van der Waals surface area (Å²) in [5, 5.41) is 8.61. The van der Waals surface area contributed by atoms with Crippen LogP contribution in [0, 0.1) is 11.3 Å². The lowest BCUT2D eigenvalue weighted by Crippen LogP contribution is -1.95. The topological polar surface area (TPSA) is 71.7 Å². The van der Waals surface area contributed by atoms with Gasteiger partial charge in [-0.3, -0.25) is 0 Å². The number of hydrogen-bond acceptors (Lipinski definition) is 5. The standard InChI is InChI=1S/C10H4Cl2N4O/c11-8-14-9(12)16-10(15-8)17-7-3-1-2-6(4-7)5-13/h1-4H. The molecule has 2 rings (SSSR count). The highest BCUT2D eigenvalue weighted by Gasteiger charge is 2.05. The third kappa shape index (κ3) is 3.03. The highest BCUT2D eigenvalue weighted by Crippen LogP contribution is 2.20. The molecule has 0 spiro atoms. The second-order valence-corrected chi connectivity index (χ2v) is 3.57. The smallest absolute Gasteiger partial charge is 0.327 e. The molecule has 1 aromatic heterocycles. The van der Waals surface area contributed by atoms with Crippen molar-refractivity contribution in [1.29, 1.82) is 5.26 Å². The van der Waals surface area contributed by atoms with Gasteiger partial charge in [-0.15, -0.1) is 0 Å². The molecule has 84 valence electrons. The van der Waals surface area contributed by atoms with E-state index in [0.717, 1.165) is 0 Å². The zero-order valence-corrected chi connectivity index (χ0v) is 9.77. The van der Waals surface area contributed by atoms with E-state index in [1.165, 1.54) is 0 Å². The van der Waals surface area contributed by atoms with Crippen LogP contribution in [-0.4, -0.2) is 15.0 Å². The summed E-state index contributed by atoms with van der Waals surface area (Å²) in [4.78, 5) is 11.1. The van der Waals surface area contributed by atoms with Crippen LogP contribution in [0.25, 0.3) is 0 Å². The summed E-state index contributed by atoms with van der Waals surface area (Å²) in [6.07, 6.45) is 0. The minimum Gasteiger partial charge on any atom is -0.424 e. The fourth-order valence-electron chi connectivity index (χ4n) is 1.09. The highest BCUT2D eigenvalue weighted by molar-refractivity contribution is 6.31. The minimum atomic E-state index is -0.0589. The Morgan fingerprint density at radius 1 is 1.12 bits per heavy atom.